The van der Waals surface area contributed by atoms with E-state index in [1.54, 1.807) is 28.8 Å². The van der Waals surface area contributed by atoms with Crippen LogP contribution in [0.4, 0.5) is 0 Å². The Bertz CT molecular complexity index is 3260. The van der Waals surface area contributed by atoms with Gasteiger partial charge in [0.15, 0.2) is 17.5 Å². The van der Waals surface area contributed by atoms with E-state index in [0.29, 0.717) is 22.4 Å². The van der Waals surface area contributed by atoms with E-state index >= 15 is 0 Å². The smallest absolute Gasteiger partial charge is 0.164 e. The molecule has 0 amide bonds. The zero-order valence-corrected chi connectivity index (χ0v) is 26.3. The molecule has 0 saturated carbocycles. The van der Waals surface area contributed by atoms with Crippen LogP contribution in [0.2, 0.25) is 0 Å². The van der Waals surface area contributed by atoms with E-state index < -0.39 is 12.1 Å². The summed E-state index contributed by atoms with van der Waals surface area (Å²) in [5.74, 6) is 0.510. The maximum absolute atomic E-state index is 9.69. The summed E-state index contributed by atoms with van der Waals surface area (Å²) in [6.45, 7) is 0. The molecule has 0 aliphatic rings. The normalized spacial score (nSPS) is 13.6. The molecule has 234 valence electrons. The summed E-state index contributed by atoms with van der Waals surface area (Å²) in [5, 5.41) is 2.06. The molecule has 0 bridgehead atoms. The van der Waals surface area contributed by atoms with Crippen molar-refractivity contribution in [2.45, 2.75) is 0 Å². The first kappa shape index (κ1) is 21.9. The van der Waals surface area contributed by atoms with Gasteiger partial charge in [-0.25, -0.2) is 15.0 Å². The fourth-order valence-electron chi connectivity index (χ4n) is 6.62. The summed E-state index contributed by atoms with van der Waals surface area (Å²) >= 11 is 0. The molecule has 3 aromatic heterocycles. The van der Waals surface area contributed by atoms with Crippen molar-refractivity contribution in [2.75, 3.05) is 0 Å². The van der Waals surface area contributed by atoms with Gasteiger partial charge >= 0.3 is 0 Å². The van der Waals surface area contributed by atoms with Crippen molar-refractivity contribution < 1.29 is 14.0 Å². The molecule has 10 aromatic rings. The second-order valence-corrected chi connectivity index (χ2v) is 11.9. The maximum Gasteiger partial charge on any atom is 0.164 e. The Morgan fingerprint density at radius 2 is 1.14 bits per heavy atom. The van der Waals surface area contributed by atoms with E-state index in [0.717, 1.165) is 27.5 Å². The lowest BCUT2D eigenvalue weighted by Gasteiger charge is -2.10. The number of rotatable bonds is 5. The van der Waals surface area contributed by atoms with Gasteiger partial charge in [-0.15, -0.1) is 0 Å². The summed E-state index contributed by atoms with van der Waals surface area (Å²) in [5.41, 5.74) is 5.40. The summed E-state index contributed by atoms with van der Waals surface area (Å²) < 4.78 is 71.4. The van der Waals surface area contributed by atoms with Crippen LogP contribution >= 0.6 is 0 Å². The van der Waals surface area contributed by atoms with E-state index in [9.17, 15) is 4.11 Å². The van der Waals surface area contributed by atoms with Crippen molar-refractivity contribution in [3.8, 4) is 51.0 Å². The fraction of sp³-hybridized carbons (Fsp3) is 0. The van der Waals surface area contributed by atoms with Crippen LogP contribution < -0.4 is 0 Å². The van der Waals surface area contributed by atoms with Gasteiger partial charge in [0.25, 0.3) is 0 Å². The van der Waals surface area contributed by atoms with Crippen LogP contribution in [0.1, 0.15) is 9.60 Å². The topological polar surface area (TPSA) is 56.7 Å². The SMILES string of the molecule is [2H]c1c([2H])c([2H])c2c(c1[2H])c1c([2H])c(-c3nc(-c4ccccc4)nc(-c4ccc5c(c4)oc4cccc(-c6ccccc6)c45)n3)c([2H])c([2H])c1n2-c1ccccc1. The van der Waals surface area contributed by atoms with Crippen LogP contribution in [-0.2, 0) is 0 Å². The molecular weight excluding hydrogens is 613 g/mol. The lowest BCUT2D eigenvalue weighted by molar-refractivity contribution is 0.669. The third-order valence-electron chi connectivity index (χ3n) is 8.90. The minimum Gasteiger partial charge on any atom is -0.456 e. The fourth-order valence-corrected chi connectivity index (χ4v) is 6.62. The minimum atomic E-state index is -0.465. The van der Waals surface area contributed by atoms with Crippen molar-refractivity contribution in [1.82, 2.24) is 19.5 Å². The molecule has 0 aliphatic carbocycles. The number of aromatic nitrogens is 4. The third-order valence-corrected chi connectivity index (χ3v) is 8.90. The van der Waals surface area contributed by atoms with Crippen molar-refractivity contribution in [3.63, 3.8) is 0 Å². The van der Waals surface area contributed by atoms with E-state index in [-0.39, 0.29) is 75.1 Å². The molecule has 0 N–H and O–H groups in total. The van der Waals surface area contributed by atoms with Gasteiger partial charge < -0.3 is 8.98 Å². The Balaban J connectivity index is 1.25. The molecule has 7 aromatic carbocycles. The zero-order valence-electron chi connectivity index (χ0n) is 33.3. The lowest BCUT2D eigenvalue weighted by atomic mass is 9.99. The molecule has 0 saturated heterocycles. The van der Waals surface area contributed by atoms with Gasteiger partial charge in [0, 0.05) is 43.9 Å². The summed E-state index contributed by atoms with van der Waals surface area (Å²) in [6, 6.07) is 37.6. The second-order valence-electron chi connectivity index (χ2n) is 11.9. The number of benzene rings is 7. The van der Waals surface area contributed by atoms with E-state index in [1.165, 1.54) is 0 Å². The Kier molecular flexibility index (Phi) is 4.99. The van der Waals surface area contributed by atoms with Crippen molar-refractivity contribution in [2.24, 2.45) is 0 Å². The molecule has 3 heterocycles. The van der Waals surface area contributed by atoms with Crippen LogP contribution in [-0.4, -0.2) is 19.5 Å². The van der Waals surface area contributed by atoms with Crippen molar-refractivity contribution >= 4 is 43.7 Å². The van der Waals surface area contributed by atoms with Crippen LogP contribution in [0.3, 0.4) is 0 Å². The number of furan rings is 1. The molecule has 5 nitrogen and oxygen atoms in total. The maximum atomic E-state index is 9.69. The van der Waals surface area contributed by atoms with Crippen LogP contribution in [0.5, 0.6) is 0 Å². The average molecular weight is 648 g/mol. The van der Waals surface area contributed by atoms with Crippen LogP contribution in [0.15, 0.2) is 174 Å². The van der Waals surface area contributed by atoms with Gasteiger partial charge in [0.05, 0.1) is 20.6 Å². The Labute approximate surface area is 297 Å². The monoisotopic (exact) mass is 647 g/mol. The number of nitrogens with zero attached hydrogens (tertiary/aromatic N) is 4. The summed E-state index contributed by atoms with van der Waals surface area (Å²) in [6.07, 6.45) is 0. The first-order chi connectivity index (χ1) is 27.7. The highest BCUT2D eigenvalue weighted by molar-refractivity contribution is 6.13. The first-order valence-electron chi connectivity index (χ1n) is 19.6. The standard InChI is InChI=1S/C45H28N4O/c1-4-13-29(14-5-1)34-20-12-22-40-42(34)36-25-23-32(28-41(36)50-40)45-47-43(30-15-6-2-7-16-30)46-44(48-45)31-24-26-39-37(27-31)35-19-10-11-21-38(35)49(39)33-17-8-3-9-18-33/h1-28H/i10D,11D,19D,21D,24D,26D,27D. The van der Waals surface area contributed by atoms with Gasteiger partial charge in [-0.05, 0) is 65.6 Å². The predicted molar refractivity (Wildman–Crippen MR) is 203 cm³/mol. The Morgan fingerprint density at radius 1 is 0.480 bits per heavy atom. The van der Waals surface area contributed by atoms with E-state index in [2.05, 4.69) is 18.2 Å². The van der Waals surface area contributed by atoms with Crippen molar-refractivity contribution in [1.29, 1.82) is 0 Å². The quantitative estimate of drug-likeness (QED) is 0.186. The van der Waals surface area contributed by atoms with Gasteiger partial charge in [-0.2, -0.15) is 0 Å². The number of hydrogen-bond acceptors (Lipinski definition) is 4. The van der Waals surface area contributed by atoms with Crippen LogP contribution in [0, 0.1) is 0 Å². The van der Waals surface area contributed by atoms with Gasteiger partial charge in [-0.1, -0.05) is 115 Å². The molecule has 5 heteroatoms. The predicted octanol–water partition coefficient (Wildman–Crippen LogP) is 11.5. The molecule has 0 unspecified atom stereocenters. The molecule has 0 spiro atoms. The van der Waals surface area contributed by atoms with Gasteiger partial charge in [0.1, 0.15) is 11.2 Å². The Morgan fingerprint density at radius 3 is 1.92 bits per heavy atom. The second kappa shape index (κ2) is 11.4. The number of hydrogen-bond donors (Lipinski definition) is 0. The molecule has 0 atom stereocenters. The summed E-state index contributed by atoms with van der Waals surface area (Å²) in [7, 11) is 0. The zero-order chi connectivity index (χ0) is 39.1. The summed E-state index contributed by atoms with van der Waals surface area (Å²) in [4.78, 5) is 14.5. The molecule has 0 aliphatic heterocycles. The average Bonchev–Trinajstić information content (AvgIpc) is 3.82. The van der Waals surface area contributed by atoms with Crippen LogP contribution in [0.25, 0.3) is 94.7 Å². The first-order valence-corrected chi connectivity index (χ1v) is 16.1. The minimum absolute atomic E-state index is 0.0261. The van der Waals surface area contributed by atoms with Gasteiger partial charge in [-0.3, -0.25) is 0 Å². The number of fused-ring (bicyclic) bond motifs is 6. The molecule has 0 radical (unpaired) electrons. The molecule has 10 rings (SSSR count). The highest BCUT2D eigenvalue weighted by Gasteiger charge is 2.18. The lowest BCUT2D eigenvalue weighted by Crippen LogP contribution is -2.00. The highest BCUT2D eigenvalue weighted by atomic mass is 16.3. The molecule has 50 heavy (non-hydrogen) atoms. The third kappa shape index (κ3) is 4.60. The number of para-hydroxylation sites is 2. The largest absolute Gasteiger partial charge is 0.456 e. The van der Waals surface area contributed by atoms with E-state index in [4.69, 9.17) is 24.9 Å². The van der Waals surface area contributed by atoms with E-state index in [1.807, 2.05) is 84.9 Å². The van der Waals surface area contributed by atoms with Gasteiger partial charge in [0.2, 0.25) is 0 Å². The van der Waals surface area contributed by atoms with Crippen molar-refractivity contribution in [3.05, 3.63) is 170 Å². The molecule has 0 fully saturated rings. The highest BCUT2D eigenvalue weighted by Crippen LogP contribution is 2.39. The Hall–Kier alpha value is -6.85. The molecular formula is C45H28N4O.